The molecule has 0 spiro atoms. The van der Waals surface area contributed by atoms with Crippen molar-refractivity contribution >= 4 is 45.8 Å². The van der Waals surface area contributed by atoms with Crippen LogP contribution in [-0.4, -0.2) is 120 Å². The smallest absolute Gasteiger partial charge is 0.243 e. The highest BCUT2D eigenvalue weighted by molar-refractivity contribution is 7.13. The fourth-order valence-electron chi connectivity index (χ4n) is 9.95. The number of benzene rings is 2. The number of carbonyl (C=O) groups is 2. The number of aromatic hydroxyl groups is 1. The lowest BCUT2D eigenvalue weighted by Crippen LogP contribution is -2.48. The normalized spacial score (nSPS) is 19.9. The van der Waals surface area contributed by atoms with Gasteiger partial charge in [0, 0.05) is 64.4 Å². The molecule has 0 aliphatic carbocycles. The largest absolute Gasteiger partial charge is 0.507 e. The Hall–Kier alpha value is -5.91. The molecule has 2 aromatic carbocycles. The van der Waals surface area contributed by atoms with E-state index in [-0.39, 0.29) is 48.5 Å². The van der Waals surface area contributed by atoms with E-state index in [0.29, 0.717) is 28.8 Å². The second kappa shape index (κ2) is 18.9. The number of aromatic nitrogens is 6. The van der Waals surface area contributed by atoms with Crippen molar-refractivity contribution in [2.24, 2.45) is 11.8 Å². The van der Waals surface area contributed by atoms with Crippen LogP contribution >= 0.6 is 11.3 Å². The Morgan fingerprint density at radius 1 is 0.969 bits per heavy atom. The molecule has 3 saturated heterocycles. The molecule has 4 aromatic heterocycles. The molecule has 4 N–H and O–H groups in total. The van der Waals surface area contributed by atoms with Crippen molar-refractivity contribution in [2.45, 2.75) is 89.9 Å². The van der Waals surface area contributed by atoms with Crippen LogP contribution in [0.3, 0.4) is 0 Å². The average Bonchev–Trinajstić information content (AvgIpc) is 4.13. The van der Waals surface area contributed by atoms with Gasteiger partial charge >= 0.3 is 0 Å². The number of fused-ring (bicyclic) bond motifs is 1. The van der Waals surface area contributed by atoms with Crippen molar-refractivity contribution in [2.75, 3.05) is 56.5 Å². The minimum absolute atomic E-state index is 0.0813. The number of aliphatic hydroxyl groups excluding tert-OH is 1. The Labute approximate surface area is 383 Å². The topological polar surface area (TPSA) is 191 Å². The van der Waals surface area contributed by atoms with Crippen molar-refractivity contribution in [1.29, 1.82) is 0 Å². The summed E-state index contributed by atoms with van der Waals surface area (Å²) in [5.74, 6) is 1.29. The Balaban J connectivity index is 0.782. The van der Waals surface area contributed by atoms with Gasteiger partial charge < -0.3 is 40.1 Å². The summed E-state index contributed by atoms with van der Waals surface area (Å²) in [6.45, 7) is 12.6. The summed E-state index contributed by atoms with van der Waals surface area (Å²) in [5.41, 5.74) is 7.73. The first-order chi connectivity index (χ1) is 31.4. The number of phenolic OH excluding ortho intramolecular Hbond substituents is 1. The van der Waals surface area contributed by atoms with Crippen molar-refractivity contribution < 1.29 is 24.3 Å². The zero-order valence-electron chi connectivity index (χ0n) is 37.7. The van der Waals surface area contributed by atoms with Gasteiger partial charge in [0.25, 0.3) is 0 Å². The van der Waals surface area contributed by atoms with Crippen LogP contribution in [-0.2, 0) is 9.59 Å². The third-order valence-electron chi connectivity index (χ3n) is 13.6. The van der Waals surface area contributed by atoms with E-state index < -0.39 is 18.1 Å². The molecule has 4 atom stereocenters. The number of likely N-dealkylation sites (tertiary alicyclic amines) is 2. The Bertz CT molecular complexity index is 2610. The maximum absolute atomic E-state index is 14.4. The van der Waals surface area contributed by atoms with Crippen molar-refractivity contribution in [3.8, 4) is 27.4 Å². The maximum atomic E-state index is 14.4. The number of aryl methyl sites for hydroxylation is 1. The van der Waals surface area contributed by atoms with Crippen LogP contribution in [0.5, 0.6) is 5.75 Å². The molecule has 7 heterocycles. The van der Waals surface area contributed by atoms with Gasteiger partial charge in [0.1, 0.15) is 17.7 Å². The molecule has 0 bridgehead atoms. The zero-order chi connectivity index (χ0) is 45.4. The van der Waals surface area contributed by atoms with E-state index in [2.05, 4.69) is 45.5 Å². The van der Waals surface area contributed by atoms with Crippen LogP contribution in [0.1, 0.15) is 87.9 Å². The number of amides is 2. The quantitative estimate of drug-likeness (QED) is 0.0949. The van der Waals surface area contributed by atoms with Gasteiger partial charge in [-0.25, -0.2) is 4.98 Å². The fourth-order valence-corrected chi connectivity index (χ4v) is 10.8. The lowest BCUT2D eigenvalue weighted by molar-refractivity contribution is -0.141. The third-order valence-corrected chi connectivity index (χ3v) is 14.6. The first kappa shape index (κ1) is 44.3. The molecule has 3 aliphatic rings. The minimum Gasteiger partial charge on any atom is -0.507 e. The second-order valence-electron chi connectivity index (χ2n) is 18.3. The summed E-state index contributed by atoms with van der Waals surface area (Å²) in [5, 5.41) is 45.8. The summed E-state index contributed by atoms with van der Waals surface area (Å²) < 4.78 is 8.03. The van der Waals surface area contributed by atoms with E-state index >= 15 is 0 Å². The number of aliphatic hydroxyl groups is 1. The lowest BCUT2D eigenvalue weighted by Gasteiger charge is -2.37. The molecule has 342 valence electrons. The highest BCUT2D eigenvalue weighted by Crippen LogP contribution is 2.36. The van der Waals surface area contributed by atoms with E-state index in [4.69, 9.17) is 9.62 Å². The Kier molecular flexibility index (Phi) is 12.9. The first-order valence-corrected chi connectivity index (χ1v) is 23.8. The van der Waals surface area contributed by atoms with Gasteiger partial charge in [0.05, 0.1) is 45.5 Å². The molecule has 0 saturated carbocycles. The highest BCUT2D eigenvalue weighted by Gasteiger charge is 2.44. The van der Waals surface area contributed by atoms with E-state index in [1.54, 1.807) is 23.5 Å². The molecule has 9 rings (SSSR count). The molecule has 6 aromatic rings. The summed E-state index contributed by atoms with van der Waals surface area (Å²) in [4.78, 5) is 40.0. The predicted molar refractivity (Wildman–Crippen MR) is 251 cm³/mol. The number of rotatable bonds is 13. The first-order valence-electron chi connectivity index (χ1n) is 22.9. The number of phenols is 1. The molecule has 1 unspecified atom stereocenters. The lowest BCUT2D eigenvalue weighted by atomic mass is 9.91. The Morgan fingerprint density at radius 2 is 1.72 bits per heavy atom. The van der Waals surface area contributed by atoms with Crippen molar-refractivity contribution in [3.05, 3.63) is 83.2 Å². The molecule has 16 nitrogen and oxygen atoms in total. The monoisotopic (exact) mass is 901 g/mol. The van der Waals surface area contributed by atoms with Crippen LogP contribution < -0.4 is 15.5 Å². The van der Waals surface area contributed by atoms with E-state index in [1.807, 2.05) is 88.8 Å². The summed E-state index contributed by atoms with van der Waals surface area (Å²) in [6, 6.07) is 18.3. The molecular formula is C48H59N11O5S. The molecule has 3 fully saturated rings. The zero-order valence-corrected chi connectivity index (χ0v) is 38.5. The predicted octanol–water partition coefficient (Wildman–Crippen LogP) is 6.79. The van der Waals surface area contributed by atoms with Crippen LogP contribution in [0.15, 0.2) is 70.7 Å². The van der Waals surface area contributed by atoms with Gasteiger partial charge in [-0.05, 0) is 80.7 Å². The van der Waals surface area contributed by atoms with Crippen molar-refractivity contribution in [3.63, 3.8) is 0 Å². The minimum atomic E-state index is -0.804. The van der Waals surface area contributed by atoms with Gasteiger partial charge in [-0.15, -0.1) is 21.5 Å². The number of anilines is 2. The van der Waals surface area contributed by atoms with Gasteiger partial charge in [-0.1, -0.05) is 55.4 Å². The standard InChI is InChI=1S/C48H59N11O5S/c1-28(2)43(48(63)58-26-35(60)22-39(58)47(62)51-29(3)32-10-12-33(13-11-32)45-30(4)50-27-65-45)41-24-42(55-64-41)57-20-14-31(15-21-57)25-56-18-16-34(17-19-56)59-38-23-37(36-8-6-7-9-40(36)61)52-53-44(38)46(49-5)54-59/h6-13,23-24,27-29,31,34-35,39,43,60-61H,14-22,25-26H2,1-5H3,(H,49,54)(H,51,62)/t29-,35+,39-,43?/m0/s1. The molecule has 0 radical (unpaired) electrons. The van der Waals surface area contributed by atoms with Crippen LogP contribution in [0.4, 0.5) is 11.6 Å². The molecular weight excluding hydrogens is 843 g/mol. The number of carbonyl (C=O) groups excluding carboxylic acids is 2. The van der Waals surface area contributed by atoms with Crippen LogP contribution in [0, 0.1) is 18.8 Å². The molecule has 17 heteroatoms. The number of piperidine rings is 2. The number of thiazole rings is 1. The van der Waals surface area contributed by atoms with Crippen molar-refractivity contribution in [1.82, 2.24) is 45.2 Å². The summed E-state index contributed by atoms with van der Waals surface area (Å²) >= 11 is 1.60. The number of hydrogen-bond acceptors (Lipinski definition) is 14. The average molecular weight is 902 g/mol. The van der Waals surface area contributed by atoms with Crippen LogP contribution in [0.2, 0.25) is 0 Å². The fraction of sp³-hybridized carbons (Fsp3) is 0.479. The van der Waals surface area contributed by atoms with Gasteiger partial charge in [-0.3, -0.25) is 14.3 Å². The molecule has 2 amide bonds. The van der Waals surface area contributed by atoms with Crippen LogP contribution in [0.25, 0.3) is 32.7 Å². The van der Waals surface area contributed by atoms with E-state index in [9.17, 15) is 19.8 Å². The number of nitrogens with zero attached hydrogens (tertiary/aromatic N) is 9. The van der Waals surface area contributed by atoms with Gasteiger partial charge in [0.15, 0.2) is 22.9 Å². The van der Waals surface area contributed by atoms with Gasteiger partial charge in [-0.2, -0.15) is 5.10 Å². The number of nitrogens with one attached hydrogen (secondary N) is 2. The molecule has 65 heavy (non-hydrogen) atoms. The number of hydrogen-bond donors (Lipinski definition) is 4. The number of para-hydroxylation sites is 1. The summed E-state index contributed by atoms with van der Waals surface area (Å²) in [7, 11) is 1.85. The third kappa shape index (κ3) is 9.18. The van der Waals surface area contributed by atoms with E-state index in [1.165, 1.54) is 4.90 Å². The molecule has 3 aliphatic heterocycles. The SMILES string of the molecule is CNc1nn(C2CCN(CC3CCN(c4cc(C(C(=O)N5C[C@H](O)C[C@H]5C(=O)N[C@@H](C)c5ccc(-c6scnc6C)cc5)C(C)C)on4)CC3)CC2)c2cc(-c3ccccc3O)nnc12. The summed E-state index contributed by atoms with van der Waals surface area (Å²) in [6.07, 6.45) is 3.35. The second-order valence-corrected chi connectivity index (χ2v) is 19.2. The van der Waals surface area contributed by atoms with Gasteiger partial charge in [0.2, 0.25) is 11.8 Å². The Morgan fingerprint density at radius 3 is 2.42 bits per heavy atom. The van der Waals surface area contributed by atoms with E-state index in [0.717, 1.165) is 97.0 Å². The maximum Gasteiger partial charge on any atom is 0.243 e. The highest BCUT2D eigenvalue weighted by atomic mass is 32.1. The number of β-amino-alcohol motifs (C(OH)–C–C–N with tert-alkyl or cyclic N) is 1.